The quantitative estimate of drug-likeness (QED) is 0.424. The molecule has 0 saturated heterocycles. The monoisotopic (exact) mass is 427 g/mol. The summed E-state index contributed by atoms with van der Waals surface area (Å²) in [6, 6.07) is 0. The van der Waals surface area contributed by atoms with E-state index in [1.807, 2.05) is 0 Å². The number of rotatable bonds is 5. The number of aryl methyl sites for hydroxylation is 2. The van der Waals surface area contributed by atoms with Crippen LogP contribution in [0.5, 0.6) is 0 Å². The second-order valence-electron chi connectivity index (χ2n) is 6.51. The third-order valence-corrected chi connectivity index (χ3v) is 6.56. The Balaban J connectivity index is 2.15. The van der Waals surface area contributed by atoms with Gasteiger partial charge < -0.3 is 10.1 Å². The molecule has 3 rings (SSSR count). The van der Waals surface area contributed by atoms with Gasteiger partial charge in [0.05, 0.1) is 6.61 Å². The van der Waals surface area contributed by atoms with E-state index in [4.69, 9.17) is 4.74 Å². The van der Waals surface area contributed by atoms with Crippen LogP contribution in [0.2, 0.25) is 0 Å². The van der Waals surface area contributed by atoms with E-state index < -0.39 is 44.4 Å². The molecule has 2 aromatic heterocycles. The average Bonchev–Trinajstić information content (AvgIpc) is 2.81. The third-order valence-electron chi connectivity index (χ3n) is 4.42. The highest BCUT2D eigenvalue weighted by Gasteiger charge is 2.29. The molecule has 1 aliphatic carbocycles. The molecule has 0 aliphatic heterocycles. The Morgan fingerprint density at radius 1 is 1.25 bits per heavy atom. The number of carbonyl (C=O) groups excluding carboxylic acids is 2. The second-order valence-corrected chi connectivity index (χ2v) is 9.50. The lowest BCUT2D eigenvalue weighted by atomic mass is 10.2. The molecular weight excluding hydrogens is 406 g/mol. The van der Waals surface area contributed by atoms with Gasteiger partial charge in [0, 0.05) is 16.8 Å². The van der Waals surface area contributed by atoms with Crippen molar-refractivity contribution in [3.63, 3.8) is 0 Å². The molecule has 9 nitrogen and oxygen atoms in total. The fraction of sp³-hybridized carbons (Fsp3) is 0.529. The van der Waals surface area contributed by atoms with E-state index in [1.165, 1.54) is 15.7 Å². The van der Waals surface area contributed by atoms with Crippen LogP contribution < -0.4 is 10.9 Å². The maximum absolute atomic E-state index is 13.1. The van der Waals surface area contributed by atoms with Crippen molar-refractivity contribution in [1.82, 2.24) is 14.7 Å². The highest BCUT2D eigenvalue weighted by atomic mass is 32.2. The molecule has 0 saturated carbocycles. The van der Waals surface area contributed by atoms with E-state index in [1.54, 1.807) is 6.92 Å². The zero-order valence-electron chi connectivity index (χ0n) is 15.6. The zero-order chi connectivity index (χ0) is 20.5. The van der Waals surface area contributed by atoms with Crippen LogP contribution in [-0.4, -0.2) is 49.1 Å². The predicted molar refractivity (Wildman–Crippen MR) is 103 cm³/mol. The van der Waals surface area contributed by atoms with Crippen molar-refractivity contribution < 1.29 is 22.7 Å². The van der Waals surface area contributed by atoms with Gasteiger partial charge in [-0.05, 0) is 32.6 Å². The van der Waals surface area contributed by atoms with Crippen LogP contribution in [0.4, 0.5) is 0 Å². The van der Waals surface area contributed by atoms with Crippen molar-refractivity contribution in [1.29, 1.82) is 0 Å². The number of nitrogens with one attached hydrogen (secondary N) is 1. The number of ether oxygens (including phenoxy) is 1. The number of aromatic nitrogens is 2. The molecule has 1 amide bonds. The lowest BCUT2D eigenvalue weighted by Gasteiger charge is -2.09. The molecule has 11 heteroatoms. The van der Waals surface area contributed by atoms with Crippen LogP contribution in [0.1, 0.15) is 47.1 Å². The minimum atomic E-state index is -3.94. The minimum absolute atomic E-state index is 0.139. The Bertz CT molecular complexity index is 1100. The Hall–Kier alpha value is -2.27. The molecular formula is C17H21N3O6S2. The lowest BCUT2D eigenvalue weighted by Crippen LogP contribution is -2.37. The normalized spacial score (nSPS) is 14.4. The maximum Gasteiger partial charge on any atom is 0.325 e. The van der Waals surface area contributed by atoms with Crippen molar-refractivity contribution in [2.45, 2.75) is 44.1 Å². The SMILES string of the molecule is CCOC(=O)CNC(=O)c1c(S(C)(=O)=O)nc2sc3c(n2c1=O)CCCCC3. The minimum Gasteiger partial charge on any atom is -0.465 e. The summed E-state index contributed by atoms with van der Waals surface area (Å²) in [5.41, 5.74) is -0.519. The molecule has 0 spiro atoms. The van der Waals surface area contributed by atoms with Gasteiger partial charge in [-0.25, -0.2) is 13.4 Å². The van der Waals surface area contributed by atoms with Gasteiger partial charge in [0.2, 0.25) is 0 Å². The number of thiazole rings is 1. The topological polar surface area (TPSA) is 124 Å². The number of hydrogen-bond donors (Lipinski definition) is 1. The van der Waals surface area contributed by atoms with E-state index in [0.29, 0.717) is 6.42 Å². The Morgan fingerprint density at radius 2 is 1.96 bits per heavy atom. The lowest BCUT2D eigenvalue weighted by molar-refractivity contribution is -0.141. The Labute approximate surface area is 165 Å². The highest BCUT2D eigenvalue weighted by molar-refractivity contribution is 7.90. The van der Waals surface area contributed by atoms with E-state index in [-0.39, 0.29) is 11.6 Å². The first kappa shape index (κ1) is 20.5. The molecule has 0 radical (unpaired) electrons. The molecule has 2 aromatic rings. The Kier molecular flexibility index (Phi) is 5.84. The third kappa shape index (κ3) is 3.95. The van der Waals surface area contributed by atoms with Crippen LogP contribution in [0.25, 0.3) is 4.96 Å². The van der Waals surface area contributed by atoms with E-state index in [2.05, 4.69) is 10.3 Å². The molecule has 0 bridgehead atoms. The van der Waals surface area contributed by atoms with Gasteiger partial charge in [0.15, 0.2) is 19.8 Å². The van der Waals surface area contributed by atoms with Gasteiger partial charge in [-0.1, -0.05) is 6.42 Å². The van der Waals surface area contributed by atoms with Gasteiger partial charge in [0.1, 0.15) is 12.1 Å². The van der Waals surface area contributed by atoms with Gasteiger partial charge in [-0.3, -0.25) is 18.8 Å². The van der Waals surface area contributed by atoms with Crippen molar-refractivity contribution in [2.75, 3.05) is 19.4 Å². The van der Waals surface area contributed by atoms with Crippen LogP contribution >= 0.6 is 11.3 Å². The molecule has 1 aliphatic rings. The highest BCUT2D eigenvalue weighted by Crippen LogP contribution is 2.28. The second kappa shape index (κ2) is 8.00. The van der Waals surface area contributed by atoms with E-state index >= 15 is 0 Å². The molecule has 0 aromatic carbocycles. The fourth-order valence-corrected chi connectivity index (χ4v) is 5.26. The summed E-state index contributed by atoms with van der Waals surface area (Å²) in [4.78, 5) is 42.6. The summed E-state index contributed by atoms with van der Waals surface area (Å²) in [5.74, 6) is -1.65. The number of fused-ring (bicyclic) bond motifs is 3. The zero-order valence-corrected chi connectivity index (χ0v) is 17.2. The number of carbonyl (C=O) groups is 2. The number of hydrogen-bond acceptors (Lipinski definition) is 8. The van der Waals surface area contributed by atoms with E-state index in [0.717, 1.165) is 42.5 Å². The molecule has 0 atom stereocenters. The summed E-state index contributed by atoms with van der Waals surface area (Å²) in [6.45, 7) is 1.29. The first-order valence-electron chi connectivity index (χ1n) is 8.95. The van der Waals surface area contributed by atoms with Crippen molar-refractivity contribution in [2.24, 2.45) is 0 Å². The van der Waals surface area contributed by atoms with Gasteiger partial charge >= 0.3 is 5.97 Å². The first-order valence-corrected chi connectivity index (χ1v) is 11.7. The van der Waals surface area contributed by atoms with Crippen LogP contribution in [0.3, 0.4) is 0 Å². The van der Waals surface area contributed by atoms with Gasteiger partial charge in [0.25, 0.3) is 11.5 Å². The van der Waals surface area contributed by atoms with Crippen LogP contribution in [-0.2, 0) is 32.2 Å². The molecule has 28 heavy (non-hydrogen) atoms. The van der Waals surface area contributed by atoms with Crippen molar-refractivity contribution in [3.05, 3.63) is 26.5 Å². The first-order chi connectivity index (χ1) is 13.2. The summed E-state index contributed by atoms with van der Waals surface area (Å²) in [7, 11) is -3.94. The number of amides is 1. The number of nitrogens with zero attached hydrogens (tertiary/aromatic N) is 2. The molecule has 152 valence electrons. The summed E-state index contributed by atoms with van der Waals surface area (Å²) in [5, 5.41) is 1.68. The summed E-state index contributed by atoms with van der Waals surface area (Å²) < 4.78 is 30.5. The Morgan fingerprint density at radius 3 is 2.64 bits per heavy atom. The summed E-state index contributed by atoms with van der Waals surface area (Å²) in [6.07, 6.45) is 5.29. The fourth-order valence-electron chi connectivity index (χ4n) is 3.20. The van der Waals surface area contributed by atoms with Gasteiger partial charge in [-0.15, -0.1) is 11.3 Å². The predicted octanol–water partition coefficient (Wildman–Crippen LogP) is 0.721. The summed E-state index contributed by atoms with van der Waals surface area (Å²) >= 11 is 1.28. The van der Waals surface area contributed by atoms with Gasteiger partial charge in [-0.2, -0.15) is 0 Å². The molecule has 0 unspecified atom stereocenters. The maximum atomic E-state index is 13.1. The smallest absolute Gasteiger partial charge is 0.325 e. The molecule has 1 N–H and O–H groups in total. The molecule has 2 heterocycles. The molecule has 0 fully saturated rings. The van der Waals surface area contributed by atoms with Crippen molar-refractivity contribution in [3.8, 4) is 0 Å². The number of sulfone groups is 1. The average molecular weight is 428 g/mol. The van der Waals surface area contributed by atoms with Crippen molar-refractivity contribution >= 4 is 38.0 Å². The van der Waals surface area contributed by atoms with Crippen LogP contribution in [0.15, 0.2) is 9.82 Å². The standard InChI is InChI=1S/C17H21N3O6S2/c1-3-26-12(21)9-18-14(22)13-15(28(2,24)25)19-17-20(16(13)23)10-7-5-4-6-8-11(10)27-17/h3-9H2,1-2H3,(H,18,22). The van der Waals surface area contributed by atoms with Crippen LogP contribution in [0, 0.1) is 0 Å². The largest absolute Gasteiger partial charge is 0.465 e. The van der Waals surface area contributed by atoms with E-state index in [9.17, 15) is 22.8 Å². The number of esters is 1.